The van der Waals surface area contributed by atoms with Crippen LogP contribution in [0.5, 0.6) is 0 Å². The van der Waals surface area contributed by atoms with Gasteiger partial charge in [0.1, 0.15) is 17.0 Å². The highest BCUT2D eigenvalue weighted by Crippen LogP contribution is 2.36. The minimum atomic E-state index is -0.461. The molecule has 3 nitrogen and oxygen atoms in total. The van der Waals surface area contributed by atoms with E-state index in [0.717, 1.165) is 31.4 Å². The van der Waals surface area contributed by atoms with Crippen molar-refractivity contribution >= 4 is 0 Å². The Morgan fingerprint density at radius 3 is 2.60 bits per heavy atom. The van der Waals surface area contributed by atoms with Crippen molar-refractivity contribution in [2.24, 2.45) is 16.1 Å². The fraction of sp³-hybridized carbons (Fsp3) is 0.833. The first-order valence-corrected chi connectivity index (χ1v) is 5.85. The summed E-state index contributed by atoms with van der Waals surface area (Å²) in [6.45, 7) is 8.37. The Balaban J connectivity index is 2.72. The van der Waals surface area contributed by atoms with Crippen LogP contribution in [-0.4, -0.2) is 10.6 Å². The van der Waals surface area contributed by atoms with E-state index in [1.807, 2.05) is 6.92 Å². The second kappa shape index (κ2) is 4.77. The van der Waals surface area contributed by atoms with Gasteiger partial charge in [-0.25, -0.2) is 0 Å². The average molecular weight is 210 g/mol. The first kappa shape index (κ1) is 12.2. The van der Waals surface area contributed by atoms with Gasteiger partial charge in [-0.1, -0.05) is 27.2 Å². The van der Waals surface area contributed by atoms with Gasteiger partial charge in [0.25, 0.3) is 0 Å². The summed E-state index contributed by atoms with van der Waals surface area (Å²) in [4.78, 5) is 0. The quantitative estimate of drug-likeness (QED) is 0.725. The van der Waals surface area contributed by atoms with Crippen molar-refractivity contribution in [1.29, 1.82) is 0 Å². The maximum absolute atomic E-state index is 10.1. The van der Waals surface area contributed by atoms with E-state index < -0.39 is 5.54 Å². The lowest BCUT2D eigenvalue weighted by Crippen LogP contribution is -2.25. The molecule has 1 rings (SSSR count). The van der Waals surface area contributed by atoms with Crippen LogP contribution in [0.1, 0.15) is 53.4 Å². The van der Waals surface area contributed by atoms with Crippen LogP contribution in [0.15, 0.2) is 21.7 Å². The predicted octanol–water partition coefficient (Wildman–Crippen LogP) is 4.22. The topological polar surface area (TPSA) is 45.0 Å². The zero-order valence-corrected chi connectivity index (χ0v) is 10.2. The smallest absolute Gasteiger partial charge is 0.145 e. The molecule has 0 aromatic rings. The fourth-order valence-electron chi connectivity index (χ4n) is 2.02. The van der Waals surface area contributed by atoms with Crippen molar-refractivity contribution in [3.63, 3.8) is 0 Å². The van der Waals surface area contributed by atoms with Crippen LogP contribution < -0.4 is 0 Å². The van der Waals surface area contributed by atoms with E-state index in [2.05, 4.69) is 31.0 Å². The van der Waals surface area contributed by atoms with Crippen LogP contribution in [0, 0.1) is 5.92 Å². The third-order valence-corrected chi connectivity index (χ3v) is 2.75. The lowest BCUT2D eigenvalue weighted by molar-refractivity contribution is 0.280. The Bertz CT molecular complexity index is 281. The lowest BCUT2D eigenvalue weighted by atomic mass is 9.89. The van der Waals surface area contributed by atoms with Gasteiger partial charge in [-0.2, -0.15) is 10.2 Å². The molecule has 0 aromatic carbocycles. The summed E-state index contributed by atoms with van der Waals surface area (Å²) in [5, 5.41) is 18.4. The number of unbranched alkanes of at least 4 members (excludes halogenated alkanes) is 1. The number of nitrogens with zero attached hydrogens (tertiary/aromatic N) is 2. The Morgan fingerprint density at radius 1 is 1.40 bits per heavy atom. The first-order chi connectivity index (χ1) is 6.99. The largest absolute Gasteiger partial charge is 0.508 e. The van der Waals surface area contributed by atoms with Gasteiger partial charge in [-0.3, -0.25) is 0 Å². The second-order valence-electron chi connectivity index (χ2n) is 4.97. The molecule has 15 heavy (non-hydrogen) atoms. The SMILES string of the molecule is CCCCC1=C(O)C(C)(CC(C)C)N=N1. The molecule has 0 saturated heterocycles. The summed E-state index contributed by atoms with van der Waals surface area (Å²) in [6, 6.07) is 0. The van der Waals surface area contributed by atoms with E-state index in [-0.39, 0.29) is 0 Å². The Morgan fingerprint density at radius 2 is 2.07 bits per heavy atom. The highest BCUT2D eigenvalue weighted by molar-refractivity contribution is 5.22. The maximum Gasteiger partial charge on any atom is 0.145 e. The standard InChI is InChI=1S/C12H22N2O/c1-5-6-7-10-11(15)12(4,14-13-10)8-9(2)3/h9,15H,5-8H2,1-4H3. The predicted molar refractivity (Wildman–Crippen MR) is 61.9 cm³/mol. The van der Waals surface area contributed by atoms with Crippen molar-refractivity contribution in [3.8, 4) is 0 Å². The molecule has 1 unspecified atom stereocenters. The molecular weight excluding hydrogens is 188 g/mol. The van der Waals surface area contributed by atoms with Gasteiger partial charge in [-0.15, -0.1) is 0 Å². The molecule has 0 aromatic heterocycles. The summed E-state index contributed by atoms with van der Waals surface area (Å²) in [6.07, 6.45) is 3.89. The third-order valence-electron chi connectivity index (χ3n) is 2.75. The van der Waals surface area contributed by atoms with Gasteiger partial charge in [0.15, 0.2) is 0 Å². The van der Waals surface area contributed by atoms with Crippen LogP contribution >= 0.6 is 0 Å². The molecule has 0 amide bonds. The number of hydrogen-bond donors (Lipinski definition) is 1. The maximum atomic E-state index is 10.1. The normalized spacial score (nSPS) is 25.7. The highest BCUT2D eigenvalue weighted by atomic mass is 16.3. The van der Waals surface area contributed by atoms with Crippen molar-refractivity contribution in [1.82, 2.24) is 0 Å². The molecule has 1 aliphatic heterocycles. The van der Waals surface area contributed by atoms with E-state index >= 15 is 0 Å². The second-order valence-corrected chi connectivity index (χ2v) is 4.97. The Hall–Kier alpha value is -0.860. The van der Waals surface area contributed by atoms with Gasteiger partial charge in [0, 0.05) is 0 Å². The van der Waals surface area contributed by atoms with E-state index in [9.17, 15) is 5.11 Å². The Kier molecular flexibility index (Phi) is 3.89. The molecule has 1 N–H and O–H groups in total. The first-order valence-electron chi connectivity index (χ1n) is 5.85. The van der Waals surface area contributed by atoms with E-state index in [1.54, 1.807) is 0 Å². The van der Waals surface area contributed by atoms with Gasteiger partial charge in [0.2, 0.25) is 0 Å². The number of allylic oxidation sites excluding steroid dienone is 1. The minimum Gasteiger partial charge on any atom is -0.508 e. The molecule has 86 valence electrons. The van der Waals surface area contributed by atoms with Gasteiger partial charge >= 0.3 is 0 Å². The number of hydrogen-bond acceptors (Lipinski definition) is 3. The van der Waals surface area contributed by atoms with Crippen molar-refractivity contribution < 1.29 is 5.11 Å². The summed E-state index contributed by atoms with van der Waals surface area (Å²) in [5.74, 6) is 0.909. The molecule has 1 aliphatic rings. The molecule has 1 atom stereocenters. The Labute approximate surface area is 92.3 Å². The van der Waals surface area contributed by atoms with Crippen LogP contribution in [0.4, 0.5) is 0 Å². The van der Waals surface area contributed by atoms with Gasteiger partial charge < -0.3 is 5.11 Å². The monoisotopic (exact) mass is 210 g/mol. The summed E-state index contributed by atoms with van der Waals surface area (Å²) in [7, 11) is 0. The third kappa shape index (κ3) is 2.80. The zero-order chi connectivity index (χ0) is 11.5. The van der Waals surface area contributed by atoms with Gasteiger partial charge in [-0.05, 0) is 32.1 Å². The molecule has 0 radical (unpaired) electrons. The van der Waals surface area contributed by atoms with Crippen LogP contribution in [0.25, 0.3) is 0 Å². The molecule has 0 saturated carbocycles. The van der Waals surface area contributed by atoms with E-state index in [1.165, 1.54) is 0 Å². The number of azo groups is 1. The van der Waals surface area contributed by atoms with Crippen LogP contribution in [0.3, 0.4) is 0 Å². The van der Waals surface area contributed by atoms with Crippen molar-refractivity contribution in [3.05, 3.63) is 11.5 Å². The molecule has 0 spiro atoms. The molecule has 0 fully saturated rings. The lowest BCUT2D eigenvalue weighted by Gasteiger charge is -2.21. The van der Waals surface area contributed by atoms with Crippen molar-refractivity contribution in [2.75, 3.05) is 0 Å². The molecular formula is C12H22N2O. The van der Waals surface area contributed by atoms with E-state index in [0.29, 0.717) is 11.7 Å². The van der Waals surface area contributed by atoms with Crippen LogP contribution in [-0.2, 0) is 0 Å². The number of rotatable bonds is 5. The van der Waals surface area contributed by atoms with E-state index in [4.69, 9.17) is 0 Å². The minimum absolute atomic E-state index is 0.393. The number of aliphatic hydroxyl groups excluding tert-OH is 1. The molecule has 0 bridgehead atoms. The van der Waals surface area contributed by atoms with Crippen LogP contribution in [0.2, 0.25) is 0 Å². The molecule has 3 heteroatoms. The summed E-state index contributed by atoms with van der Waals surface area (Å²) >= 11 is 0. The summed E-state index contributed by atoms with van der Waals surface area (Å²) in [5.41, 5.74) is 0.331. The summed E-state index contributed by atoms with van der Waals surface area (Å²) < 4.78 is 0. The fourth-order valence-corrected chi connectivity index (χ4v) is 2.02. The average Bonchev–Trinajstić information content (AvgIpc) is 2.40. The molecule has 0 aliphatic carbocycles. The molecule has 1 heterocycles. The zero-order valence-electron chi connectivity index (χ0n) is 10.2. The number of aliphatic hydroxyl groups is 1. The van der Waals surface area contributed by atoms with Gasteiger partial charge in [0.05, 0.1) is 0 Å². The highest BCUT2D eigenvalue weighted by Gasteiger charge is 2.36. The van der Waals surface area contributed by atoms with Crippen molar-refractivity contribution in [2.45, 2.75) is 58.9 Å².